The van der Waals surface area contributed by atoms with Crippen molar-refractivity contribution in [2.24, 2.45) is 0 Å². The van der Waals surface area contributed by atoms with Crippen LogP contribution in [-0.4, -0.2) is 16.1 Å². The standard InChI is InChI=1S/C13H14N2O2S/c1-8-6-18-7-10(8)4-15-12-3-9(2)14-5-11(12)13(16)17/h3,5-7H,4H2,1-2H3,(H,14,15)(H,16,17). The van der Waals surface area contributed by atoms with Crippen molar-refractivity contribution in [2.75, 3.05) is 5.32 Å². The predicted octanol–water partition coefficient (Wildman–Crippen LogP) is 3.07. The van der Waals surface area contributed by atoms with Crippen molar-refractivity contribution in [1.82, 2.24) is 4.98 Å². The van der Waals surface area contributed by atoms with Crippen LogP contribution in [0.2, 0.25) is 0 Å². The van der Waals surface area contributed by atoms with E-state index in [1.807, 2.05) is 13.8 Å². The first-order valence-corrected chi connectivity index (χ1v) is 6.47. The number of pyridine rings is 1. The van der Waals surface area contributed by atoms with E-state index in [1.165, 1.54) is 17.3 Å². The van der Waals surface area contributed by atoms with Crippen molar-refractivity contribution in [3.05, 3.63) is 45.4 Å². The molecule has 5 heteroatoms. The molecule has 0 aliphatic rings. The summed E-state index contributed by atoms with van der Waals surface area (Å²) in [6.45, 7) is 4.51. The van der Waals surface area contributed by atoms with Gasteiger partial charge in [0.25, 0.3) is 0 Å². The fourth-order valence-corrected chi connectivity index (χ4v) is 2.49. The molecule has 0 aromatic carbocycles. The summed E-state index contributed by atoms with van der Waals surface area (Å²) in [4.78, 5) is 15.1. The summed E-state index contributed by atoms with van der Waals surface area (Å²) in [5.74, 6) is -0.966. The smallest absolute Gasteiger partial charge is 0.339 e. The predicted molar refractivity (Wildman–Crippen MR) is 72.3 cm³/mol. The van der Waals surface area contributed by atoms with E-state index in [9.17, 15) is 4.79 Å². The third-order valence-corrected chi connectivity index (χ3v) is 3.61. The highest BCUT2D eigenvalue weighted by atomic mass is 32.1. The maximum absolute atomic E-state index is 11.1. The fourth-order valence-electron chi connectivity index (χ4n) is 1.63. The molecular formula is C13H14N2O2S. The van der Waals surface area contributed by atoms with Gasteiger partial charge in [0.05, 0.1) is 5.69 Å². The van der Waals surface area contributed by atoms with Crippen molar-refractivity contribution in [1.29, 1.82) is 0 Å². The Morgan fingerprint density at radius 1 is 1.44 bits per heavy atom. The molecule has 0 bridgehead atoms. The van der Waals surface area contributed by atoms with Gasteiger partial charge in [-0.2, -0.15) is 11.3 Å². The number of hydrogen-bond acceptors (Lipinski definition) is 4. The van der Waals surface area contributed by atoms with E-state index >= 15 is 0 Å². The molecule has 0 amide bonds. The van der Waals surface area contributed by atoms with Crippen molar-refractivity contribution >= 4 is 23.0 Å². The zero-order valence-corrected chi connectivity index (χ0v) is 11.0. The SMILES string of the molecule is Cc1cc(NCc2cscc2C)c(C(=O)O)cn1. The normalized spacial score (nSPS) is 10.3. The number of thiophene rings is 1. The summed E-state index contributed by atoms with van der Waals surface area (Å²) in [6, 6.07) is 1.76. The van der Waals surface area contributed by atoms with Gasteiger partial charge in [0.15, 0.2) is 0 Å². The lowest BCUT2D eigenvalue weighted by molar-refractivity contribution is 0.0697. The zero-order chi connectivity index (χ0) is 13.1. The summed E-state index contributed by atoms with van der Waals surface area (Å²) < 4.78 is 0. The second kappa shape index (κ2) is 5.18. The summed E-state index contributed by atoms with van der Waals surface area (Å²) in [7, 11) is 0. The maximum atomic E-state index is 11.1. The van der Waals surface area contributed by atoms with Gasteiger partial charge in [-0.15, -0.1) is 0 Å². The maximum Gasteiger partial charge on any atom is 0.339 e. The van der Waals surface area contributed by atoms with E-state index in [4.69, 9.17) is 5.11 Å². The quantitative estimate of drug-likeness (QED) is 0.889. The Labute approximate surface area is 109 Å². The minimum atomic E-state index is -0.966. The van der Waals surface area contributed by atoms with Crippen LogP contribution < -0.4 is 5.32 Å². The minimum absolute atomic E-state index is 0.202. The zero-order valence-electron chi connectivity index (χ0n) is 10.2. The van der Waals surface area contributed by atoms with Crippen LogP contribution in [0, 0.1) is 13.8 Å². The molecule has 2 aromatic heterocycles. The van der Waals surface area contributed by atoms with E-state index < -0.39 is 5.97 Å². The largest absolute Gasteiger partial charge is 0.478 e. The number of carbonyl (C=O) groups is 1. The number of nitrogens with one attached hydrogen (secondary N) is 1. The Balaban J connectivity index is 2.20. The van der Waals surface area contributed by atoms with Crippen molar-refractivity contribution in [3.8, 4) is 0 Å². The monoisotopic (exact) mass is 262 g/mol. The molecule has 0 spiro atoms. The number of aryl methyl sites for hydroxylation is 2. The molecule has 0 saturated carbocycles. The van der Waals surface area contributed by atoms with E-state index in [1.54, 1.807) is 17.4 Å². The second-order valence-electron chi connectivity index (χ2n) is 4.11. The van der Waals surface area contributed by atoms with Crippen LogP contribution >= 0.6 is 11.3 Å². The molecule has 4 nitrogen and oxygen atoms in total. The first kappa shape index (κ1) is 12.6. The van der Waals surface area contributed by atoms with E-state index in [-0.39, 0.29) is 5.56 Å². The summed E-state index contributed by atoms with van der Waals surface area (Å²) in [6.07, 6.45) is 1.39. The molecule has 0 aliphatic carbocycles. The third kappa shape index (κ3) is 2.68. The van der Waals surface area contributed by atoms with Crippen LogP contribution in [0.1, 0.15) is 27.2 Å². The number of aromatic nitrogens is 1. The molecule has 0 atom stereocenters. The molecule has 2 aromatic rings. The number of aromatic carboxylic acids is 1. The van der Waals surface area contributed by atoms with Gasteiger partial charge in [0, 0.05) is 18.4 Å². The molecule has 94 valence electrons. The van der Waals surface area contributed by atoms with Crippen LogP contribution in [0.25, 0.3) is 0 Å². The number of anilines is 1. The summed E-state index contributed by atoms with van der Waals surface area (Å²) >= 11 is 1.65. The van der Waals surface area contributed by atoms with Gasteiger partial charge in [-0.05, 0) is 41.8 Å². The number of carboxylic acid groups (broad SMARTS) is 1. The Morgan fingerprint density at radius 3 is 2.83 bits per heavy atom. The average Bonchev–Trinajstić information content (AvgIpc) is 2.72. The summed E-state index contributed by atoms with van der Waals surface area (Å²) in [5.41, 5.74) is 4.01. The molecular weight excluding hydrogens is 248 g/mol. The number of nitrogens with zero attached hydrogens (tertiary/aromatic N) is 1. The Kier molecular flexibility index (Phi) is 3.62. The van der Waals surface area contributed by atoms with Gasteiger partial charge < -0.3 is 10.4 Å². The van der Waals surface area contributed by atoms with E-state index in [0.717, 1.165) is 5.69 Å². The lowest BCUT2D eigenvalue weighted by Gasteiger charge is -2.10. The van der Waals surface area contributed by atoms with Crippen LogP contribution in [0.3, 0.4) is 0 Å². The molecule has 2 heterocycles. The molecule has 0 fully saturated rings. The average molecular weight is 262 g/mol. The van der Waals surface area contributed by atoms with E-state index in [0.29, 0.717) is 12.2 Å². The summed E-state index contributed by atoms with van der Waals surface area (Å²) in [5, 5.41) is 16.4. The highest BCUT2D eigenvalue weighted by Gasteiger charge is 2.11. The second-order valence-corrected chi connectivity index (χ2v) is 4.85. The fraction of sp³-hybridized carbons (Fsp3) is 0.231. The molecule has 0 radical (unpaired) electrons. The molecule has 0 unspecified atom stereocenters. The first-order valence-electron chi connectivity index (χ1n) is 5.53. The van der Waals surface area contributed by atoms with E-state index in [2.05, 4.69) is 21.1 Å². The van der Waals surface area contributed by atoms with Crippen molar-refractivity contribution in [3.63, 3.8) is 0 Å². The Hall–Kier alpha value is -1.88. The van der Waals surface area contributed by atoms with Crippen LogP contribution in [0.4, 0.5) is 5.69 Å². The van der Waals surface area contributed by atoms with Crippen molar-refractivity contribution < 1.29 is 9.90 Å². The minimum Gasteiger partial charge on any atom is -0.478 e. The Morgan fingerprint density at radius 2 is 2.22 bits per heavy atom. The van der Waals surface area contributed by atoms with Crippen molar-refractivity contribution in [2.45, 2.75) is 20.4 Å². The van der Waals surface area contributed by atoms with Crippen LogP contribution in [0.5, 0.6) is 0 Å². The lowest BCUT2D eigenvalue weighted by atomic mass is 10.2. The number of rotatable bonds is 4. The molecule has 2 N–H and O–H groups in total. The molecule has 0 aliphatic heterocycles. The first-order chi connectivity index (χ1) is 8.58. The van der Waals surface area contributed by atoms with Gasteiger partial charge in [-0.25, -0.2) is 4.79 Å². The van der Waals surface area contributed by atoms with Gasteiger partial charge in [0.1, 0.15) is 5.56 Å². The highest BCUT2D eigenvalue weighted by molar-refractivity contribution is 7.08. The van der Waals surface area contributed by atoms with Gasteiger partial charge in [0.2, 0.25) is 0 Å². The van der Waals surface area contributed by atoms with Crippen LogP contribution in [0.15, 0.2) is 23.0 Å². The third-order valence-electron chi connectivity index (χ3n) is 2.70. The molecule has 2 rings (SSSR count). The van der Waals surface area contributed by atoms with Gasteiger partial charge in [-0.1, -0.05) is 0 Å². The van der Waals surface area contributed by atoms with Crippen LogP contribution in [-0.2, 0) is 6.54 Å². The van der Waals surface area contributed by atoms with Gasteiger partial charge in [-0.3, -0.25) is 4.98 Å². The highest BCUT2D eigenvalue weighted by Crippen LogP contribution is 2.19. The van der Waals surface area contributed by atoms with Gasteiger partial charge >= 0.3 is 5.97 Å². The Bertz CT molecular complexity index is 578. The number of carboxylic acids is 1. The molecule has 18 heavy (non-hydrogen) atoms. The number of hydrogen-bond donors (Lipinski definition) is 2. The topological polar surface area (TPSA) is 62.2 Å². The molecule has 0 saturated heterocycles. The lowest BCUT2D eigenvalue weighted by Crippen LogP contribution is -2.07.